The molecule has 0 amide bonds. The van der Waals surface area contributed by atoms with E-state index in [0.29, 0.717) is 0 Å². The summed E-state index contributed by atoms with van der Waals surface area (Å²) in [5.41, 5.74) is 7.75. The van der Waals surface area contributed by atoms with Crippen molar-refractivity contribution >= 4 is 16.5 Å². The van der Waals surface area contributed by atoms with E-state index in [1.807, 2.05) is 31.3 Å². The summed E-state index contributed by atoms with van der Waals surface area (Å²) in [5.74, 6) is 0.904. The largest absolute Gasteiger partial charge is 0.492 e. The number of rotatable bonds is 4. The molecule has 0 atom stereocenters. The van der Waals surface area contributed by atoms with Gasteiger partial charge in [-0.15, -0.1) is 0 Å². The summed E-state index contributed by atoms with van der Waals surface area (Å²) in [6, 6.07) is 5.91. The summed E-state index contributed by atoms with van der Waals surface area (Å²) in [5, 5.41) is 2.03. The van der Waals surface area contributed by atoms with Gasteiger partial charge in [0.05, 0.1) is 0 Å². The second-order valence-corrected chi connectivity index (χ2v) is 5.77. The first-order chi connectivity index (χ1) is 10.2. The fourth-order valence-corrected chi connectivity index (χ4v) is 2.93. The third-order valence-electron chi connectivity index (χ3n) is 4.15. The molecule has 1 aromatic carbocycles. The summed E-state index contributed by atoms with van der Waals surface area (Å²) in [4.78, 5) is 6.80. The van der Waals surface area contributed by atoms with Crippen LogP contribution < -0.4 is 10.5 Å². The number of likely N-dealkylation sites (tertiary alicyclic amines) is 1. The van der Waals surface area contributed by atoms with E-state index in [4.69, 9.17) is 10.5 Å². The highest BCUT2D eigenvalue weighted by molar-refractivity contribution is 5.96. The van der Waals surface area contributed by atoms with Gasteiger partial charge >= 0.3 is 0 Å². The van der Waals surface area contributed by atoms with Gasteiger partial charge < -0.3 is 10.5 Å². The number of benzene rings is 1. The molecular formula is C17H23N3O. The highest BCUT2D eigenvalue weighted by atomic mass is 16.5. The van der Waals surface area contributed by atoms with Gasteiger partial charge in [0.25, 0.3) is 0 Å². The van der Waals surface area contributed by atoms with E-state index < -0.39 is 0 Å². The lowest BCUT2D eigenvalue weighted by Crippen LogP contribution is -2.33. The van der Waals surface area contributed by atoms with Gasteiger partial charge in [-0.2, -0.15) is 0 Å². The first-order valence-electron chi connectivity index (χ1n) is 7.74. The van der Waals surface area contributed by atoms with Crippen molar-refractivity contribution in [2.75, 3.05) is 32.0 Å². The number of piperidine rings is 1. The van der Waals surface area contributed by atoms with Crippen molar-refractivity contribution in [2.45, 2.75) is 26.2 Å². The summed E-state index contributed by atoms with van der Waals surface area (Å²) < 4.78 is 6.01. The standard InChI is InChI=1S/C17H23N3O/c1-13-11-14-15(12-19-13)16(18)5-6-17(14)21-10-9-20-7-3-2-4-8-20/h5-6,11-12H,2-4,7-10,18H2,1H3. The molecule has 3 rings (SSSR count). The minimum Gasteiger partial charge on any atom is -0.492 e. The molecule has 0 aliphatic carbocycles. The van der Waals surface area contributed by atoms with Gasteiger partial charge in [0.15, 0.2) is 0 Å². The molecule has 2 heterocycles. The fourth-order valence-electron chi connectivity index (χ4n) is 2.93. The van der Waals surface area contributed by atoms with Crippen molar-refractivity contribution < 1.29 is 4.74 Å². The first-order valence-corrected chi connectivity index (χ1v) is 7.74. The molecule has 1 aromatic heterocycles. The molecule has 112 valence electrons. The maximum atomic E-state index is 6.02. The number of nitrogen functional groups attached to an aromatic ring is 1. The minimum absolute atomic E-state index is 0.723. The summed E-state index contributed by atoms with van der Waals surface area (Å²) in [6.45, 7) is 6.11. The SMILES string of the molecule is Cc1cc2c(OCCN3CCCCC3)ccc(N)c2cn1. The molecule has 0 spiro atoms. The van der Waals surface area contributed by atoms with E-state index in [2.05, 4.69) is 9.88 Å². The number of hydrogen-bond acceptors (Lipinski definition) is 4. The predicted molar refractivity (Wildman–Crippen MR) is 86.7 cm³/mol. The number of aryl methyl sites for hydroxylation is 1. The van der Waals surface area contributed by atoms with Gasteiger partial charge in [-0.05, 0) is 51.1 Å². The van der Waals surface area contributed by atoms with E-state index in [1.165, 1.54) is 32.4 Å². The zero-order chi connectivity index (χ0) is 14.7. The summed E-state index contributed by atoms with van der Waals surface area (Å²) in [7, 11) is 0. The Bertz CT molecular complexity index is 621. The monoisotopic (exact) mass is 285 g/mol. The zero-order valence-corrected chi connectivity index (χ0v) is 12.6. The Morgan fingerprint density at radius 2 is 2.00 bits per heavy atom. The number of aromatic nitrogens is 1. The van der Waals surface area contributed by atoms with Crippen LogP contribution in [0.1, 0.15) is 25.0 Å². The van der Waals surface area contributed by atoms with Crippen molar-refractivity contribution in [3.63, 3.8) is 0 Å². The van der Waals surface area contributed by atoms with Crippen molar-refractivity contribution in [3.05, 3.63) is 30.1 Å². The van der Waals surface area contributed by atoms with Crippen LogP contribution in [-0.4, -0.2) is 36.1 Å². The molecule has 0 saturated carbocycles. The maximum absolute atomic E-state index is 6.02. The topological polar surface area (TPSA) is 51.4 Å². The van der Waals surface area contributed by atoms with Crippen LogP contribution in [0.4, 0.5) is 5.69 Å². The van der Waals surface area contributed by atoms with Gasteiger partial charge in [-0.1, -0.05) is 6.42 Å². The molecule has 2 N–H and O–H groups in total. The Kier molecular flexibility index (Phi) is 4.25. The highest BCUT2D eigenvalue weighted by Gasteiger charge is 2.11. The van der Waals surface area contributed by atoms with Crippen LogP contribution in [0.3, 0.4) is 0 Å². The number of nitrogens with zero attached hydrogens (tertiary/aromatic N) is 2. The van der Waals surface area contributed by atoms with Gasteiger partial charge in [0.1, 0.15) is 12.4 Å². The molecule has 4 heteroatoms. The van der Waals surface area contributed by atoms with E-state index in [1.54, 1.807) is 0 Å². The normalized spacial score (nSPS) is 16.2. The van der Waals surface area contributed by atoms with E-state index in [-0.39, 0.29) is 0 Å². The molecule has 2 aromatic rings. The molecular weight excluding hydrogens is 262 g/mol. The molecule has 4 nitrogen and oxygen atoms in total. The van der Waals surface area contributed by atoms with Crippen molar-refractivity contribution in [1.29, 1.82) is 0 Å². The molecule has 1 fully saturated rings. The van der Waals surface area contributed by atoms with Crippen LogP contribution in [0.25, 0.3) is 10.8 Å². The van der Waals surface area contributed by atoms with Crippen LogP contribution in [0.15, 0.2) is 24.4 Å². The average molecular weight is 285 g/mol. The van der Waals surface area contributed by atoms with E-state index >= 15 is 0 Å². The second-order valence-electron chi connectivity index (χ2n) is 5.77. The van der Waals surface area contributed by atoms with Crippen LogP contribution in [0.2, 0.25) is 0 Å². The van der Waals surface area contributed by atoms with Gasteiger partial charge in [0.2, 0.25) is 0 Å². The first kappa shape index (κ1) is 14.1. The lowest BCUT2D eigenvalue weighted by molar-refractivity contribution is 0.184. The number of fused-ring (bicyclic) bond motifs is 1. The molecule has 0 bridgehead atoms. The molecule has 21 heavy (non-hydrogen) atoms. The highest BCUT2D eigenvalue weighted by Crippen LogP contribution is 2.30. The van der Waals surface area contributed by atoms with Gasteiger partial charge in [0, 0.05) is 34.9 Å². The smallest absolute Gasteiger partial charge is 0.127 e. The number of hydrogen-bond donors (Lipinski definition) is 1. The number of nitrogens with two attached hydrogens (primary N) is 1. The van der Waals surface area contributed by atoms with Gasteiger partial charge in [-0.3, -0.25) is 9.88 Å². The van der Waals surface area contributed by atoms with E-state index in [9.17, 15) is 0 Å². The Morgan fingerprint density at radius 3 is 2.81 bits per heavy atom. The lowest BCUT2D eigenvalue weighted by Gasteiger charge is -2.26. The molecule has 1 saturated heterocycles. The number of pyridine rings is 1. The maximum Gasteiger partial charge on any atom is 0.127 e. The zero-order valence-electron chi connectivity index (χ0n) is 12.6. The number of ether oxygens (including phenoxy) is 1. The van der Waals surface area contributed by atoms with Crippen LogP contribution >= 0.6 is 0 Å². The molecule has 0 unspecified atom stereocenters. The third-order valence-corrected chi connectivity index (χ3v) is 4.15. The molecule has 0 radical (unpaired) electrons. The van der Waals surface area contributed by atoms with Crippen molar-refractivity contribution in [2.24, 2.45) is 0 Å². The Hall–Kier alpha value is -1.81. The average Bonchev–Trinajstić information content (AvgIpc) is 2.50. The predicted octanol–water partition coefficient (Wildman–Crippen LogP) is 2.99. The number of anilines is 1. The van der Waals surface area contributed by atoms with Crippen molar-refractivity contribution in [1.82, 2.24) is 9.88 Å². The van der Waals surface area contributed by atoms with Crippen LogP contribution in [-0.2, 0) is 0 Å². The second kappa shape index (κ2) is 6.31. The van der Waals surface area contributed by atoms with Gasteiger partial charge in [-0.25, -0.2) is 0 Å². The Balaban J connectivity index is 1.71. The van der Waals surface area contributed by atoms with Crippen LogP contribution in [0.5, 0.6) is 5.75 Å². The molecule has 1 aliphatic heterocycles. The molecule has 1 aliphatic rings. The quantitative estimate of drug-likeness (QED) is 0.877. The Morgan fingerprint density at radius 1 is 1.19 bits per heavy atom. The minimum atomic E-state index is 0.723. The van der Waals surface area contributed by atoms with Crippen LogP contribution in [0, 0.1) is 6.92 Å². The summed E-state index contributed by atoms with van der Waals surface area (Å²) >= 11 is 0. The third kappa shape index (κ3) is 3.27. The fraction of sp³-hybridized carbons (Fsp3) is 0.471. The Labute approximate surface area is 125 Å². The lowest BCUT2D eigenvalue weighted by atomic mass is 10.1. The van der Waals surface area contributed by atoms with Crippen molar-refractivity contribution in [3.8, 4) is 5.75 Å². The van der Waals surface area contributed by atoms with E-state index in [0.717, 1.165) is 41.1 Å². The summed E-state index contributed by atoms with van der Waals surface area (Å²) in [6.07, 6.45) is 5.83.